The predicted octanol–water partition coefficient (Wildman–Crippen LogP) is 2.43. The van der Waals surface area contributed by atoms with Crippen LogP contribution >= 0.6 is 0 Å². The van der Waals surface area contributed by atoms with Gasteiger partial charge in [-0.3, -0.25) is 0 Å². The molecule has 0 spiro atoms. The van der Waals surface area contributed by atoms with Crippen molar-refractivity contribution in [3.8, 4) is 11.4 Å². The highest BCUT2D eigenvalue weighted by Crippen LogP contribution is 2.58. The molecule has 1 aromatic carbocycles. The van der Waals surface area contributed by atoms with Crippen LogP contribution in [0, 0.1) is 17.8 Å². The lowest BCUT2D eigenvalue weighted by molar-refractivity contribution is -0.0573. The third-order valence-electron chi connectivity index (χ3n) is 6.08. The Balaban J connectivity index is 1.52. The third kappa shape index (κ3) is 2.04. The number of rotatable bonds is 2. The minimum atomic E-state index is 0.103. The lowest BCUT2D eigenvalue weighted by Gasteiger charge is -2.55. The lowest BCUT2D eigenvalue weighted by Crippen LogP contribution is -2.52. The molecule has 120 valence electrons. The highest BCUT2D eigenvalue weighted by atomic mass is 15.6. The Bertz CT molecular complexity index is 709. The zero-order chi connectivity index (χ0) is 15.6. The first-order valence-corrected chi connectivity index (χ1v) is 8.57. The summed E-state index contributed by atoms with van der Waals surface area (Å²) in [7, 11) is 0. The van der Waals surface area contributed by atoms with Crippen LogP contribution in [0.2, 0.25) is 0 Å². The molecule has 2 aromatic rings. The minimum Gasteiger partial charge on any atom is -0.399 e. The zero-order valence-electron chi connectivity index (χ0n) is 13.2. The third-order valence-corrected chi connectivity index (χ3v) is 6.08. The van der Waals surface area contributed by atoms with Crippen molar-refractivity contribution in [3.63, 3.8) is 0 Å². The Morgan fingerprint density at radius 3 is 2.04 bits per heavy atom. The predicted molar refractivity (Wildman–Crippen MR) is 88.2 cm³/mol. The fraction of sp³-hybridized carbons (Fsp3) is 0.588. The van der Waals surface area contributed by atoms with Gasteiger partial charge < -0.3 is 11.5 Å². The number of benzene rings is 1. The summed E-state index contributed by atoms with van der Waals surface area (Å²) in [5.74, 6) is 3.20. The van der Waals surface area contributed by atoms with Gasteiger partial charge in [-0.25, -0.2) is 0 Å². The molecule has 0 saturated heterocycles. The summed E-state index contributed by atoms with van der Waals surface area (Å²) in [6, 6.07) is 5.46. The summed E-state index contributed by atoms with van der Waals surface area (Å²) in [6.45, 7) is 0. The maximum Gasteiger partial charge on any atom is 0.205 e. The normalized spacial score (nSPS) is 34.9. The minimum absolute atomic E-state index is 0.103. The van der Waals surface area contributed by atoms with E-state index in [9.17, 15) is 0 Å². The van der Waals surface area contributed by atoms with Gasteiger partial charge in [-0.2, -0.15) is 4.80 Å². The second-order valence-electron chi connectivity index (χ2n) is 7.93. The monoisotopic (exact) mass is 310 g/mol. The van der Waals surface area contributed by atoms with E-state index in [0.717, 1.165) is 23.3 Å². The van der Waals surface area contributed by atoms with Gasteiger partial charge in [0.05, 0.1) is 5.54 Å². The van der Waals surface area contributed by atoms with Crippen molar-refractivity contribution in [2.75, 3.05) is 11.5 Å². The molecular formula is C17H22N6. The first-order chi connectivity index (χ1) is 11.1. The van der Waals surface area contributed by atoms with Gasteiger partial charge in [-0.1, -0.05) is 0 Å². The zero-order valence-corrected chi connectivity index (χ0v) is 13.2. The molecular weight excluding hydrogens is 288 g/mol. The van der Waals surface area contributed by atoms with Gasteiger partial charge in [0.2, 0.25) is 5.82 Å². The molecule has 6 rings (SSSR count). The van der Waals surface area contributed by atoms with Crippen LogP contribution < -0.4 is 11.5 Å². The molecule has 4 fully saturated rings. The second kappa shape index (κ2) is 4.46. The van der Waals surface area contributed by atoms with Crippen molar-refractivity contribution in [1.82, 2.24) is 20.2 Å². The molecule has 0 unspecified atom stereocenters. The lowest BCUT2D eigenvalue weighted by atomic mass is 9.53. The molecule has 0 radical (unpaired) electrons. The Kier molecular flexibility index (Phi) is 2.59. The van der Waals surface area contributed by atoms with Crippen LogP contribution in [0.5, 0.6) is 0 Å². The average Bonchev–Trinajstić information content (AvgIpc) is 2.95. The summed E-state index contributed by atoms with van der Waals surface area (Å²) in [4.78, 5) is 1.92. The SMILES string of the molecule is Nc1cc(N)cc(-c2nnn(C34CC5CC(CC(C5)C3)C4)n2)c1. The molecule has 1 heterocycles. The molecule has 4 saturated carbocycles. The number of nitrogen functional groups attached to an aromatic ring is 2. The number of hydrogen-bond donors (Lipinski definition) is 2. The largest absolute Gasteiger partial charge is 0.399 e. The maximum atomic E-state index is 5.89. The second-order valence-corrected chi connectivity index (χ2v) is 7.93. The van der Waals surface area contributed by atoms with E-state index in [1.54, 1.807) is 6.07 Å². The number of nitrogens with zero attached hydrogens (tertiary/aromatic N) is 4. The Morgan fingerprint density at radius 2 is 1.48 bits per heavy atom. The van der Waals surface area contributed by atoms with Gasteiger partial charge in [-0.15, -0.1) is 10.2 Å². The van der Waals surface area contributed by atoms with Gasteiger partial charge in [0.1, 0.15) is 0 Å². The molecule has 0 atom stereocenters. The van der Waals surface area contributed by atoms with Crippen molar-refractivity contribution in [2.24, 2.45) is 17.8 Å². The molecule has 0 amide bonds. The molecule has 6 nitrogen and oxygen atoms in total. The Morgan fingerprint density at radius 1 is 0.913 bits per heavy atom. The fourth-order valence-corrected chi connectivity index (χ4v) is 5.65. The highest BCUT2D eigenvalue weighted by Gasteiger charge is 2.53. The van der Waals surface area contributed by atoms with Gasteiger partial charge in [0.25, 0.3) is 0 Å². The van der Waals surface area contributed by atoms with Crippen LogP contribution in [-0.2, 0) is 5.54 Å². The van der Waals surface area contributed by atoms with E-state index in [4.69, 9.17) is 16.6 Å². The highest BCUT2D eigenvalue weighted by molar-refractivity contribution is 5.67. The van der Waals surface area contributed by atoms with Crippen molar-refractivity contribution < 1.29 is 0 Å². The molecule has 0 aliphatic heterocycles. The Labute approximate surface area is 135 Å². The smallest absolute Gasteiger partial charge is 0.205 e. The summed E-state index contributed by atoms with van der Waals surface area (Å²) in [5, 5.41) is 13.5. The topological polar surface area (TPSA) is 95.6 Å². The molecule has 6 heteroatoms. The van der Waals surface area contributed by atoms with Crippen LogP contribution in [0.3, 0.4) is 0 Å². The number of aromatic nitrogens is 4. The molecule has 1 aromatic heterocycles. The van der Waals surface area contributed by atoms with Gasteiger partial charge >= 0.3 is 0 Å². The molecule has 4 aliphatic rings. The van der Waals surface area contributed by atoms with E-state index in [0.29, 0.717) is 17.2 Å². The summed E-state index contributed by atoms with van der Waals surface area (Å²) >= 11 is 0. The van der Waals surface area contributed by atoms with Crippen molar-refractivity contribution >= 4 is 11.4 Å². The molecule has 23 heavy (non-hydrogen) atoms. The van der Waals surface area contributed by atoms with Crippen molar-refractivity contribution in [1.29, 1.82) is 0 Å². The summed E-state index contributed by atoms with van der Waals surface area (Å²) in [6.07, 6.45) is 7.88. The van der Waals surface area contributed by atoms with Crippen LogP contribution in [0.4, 0.5) is 11.4 Å². The van der Waals surface area contributed by atoms with E-state index in [1.165, 1.54) is 38.5 Å². The standard InChI is InChI=1S/C17H22N6/c18-14-4-13(5-15(19)6-14)16-20-22-23(21-16)17-7-10-1-11(8-17)3-12(2-10)9-17/h4-6,10-12H,1-3,7-9,18-19H2. The van der Waals surface area contributed by atoms with Crippen LogP contribution in [0.25, 0.3) is 11.4 Å². The number of hydrogen-bond acceptors (Lipinski definition) is 5. The molecule has 4 N–H and O–H groups in total. The van der Waals surface area contributed by atoms with E-state index < -0.39 is 0 Å². The van der Waals surface area contributed by atoms with Crippen LogP contribution in [-0.4, -0.2) is 20.2 Å². The van der Waals surface area contributed by atoms with E-state index in [1.807, 2.05) is 16.9 Å². The van der Waals surface area contributed by atoms with Gasteiger partial charge in [0, 0.05) is 16.9 Å². The van der Waals surface area contributed by atoms with Gasteiger partial charge in [-0.05, 0) is 79.7 Å². The Hall–Kier alpha value is -2.11. The first-order valence-electron chi connectivity index (χ1n) is 8.57. The van der Waals surface area contributed by atoms with Crippen molar-refractivity contribution in [3.05, 3.63) is 18.2 Å². The van der Waals surface area contributed by atoms with E-state index in [-0.39, 0.29) is 5.54 Å². The molecule has 4 bridgehead atoms. The molecule has 4 aliphatic carbocycles. The number of anilines is 2. The van der Waals surface area contributed by atoms with E-state index in [2.05, 4.69) is 10.3 Å². The summed E-state index contributed by atoms with van der Waals surface area (Å²) < 4.78 is 0. The van der Waals surface area contributed by atoms with Gasteiger partial charge in [0.15, 0.2) is 0 Å². The quantitative estimate of drug-likeness (QED) is 0.831. The van der Waals surface area contributed by atoms with Crippen LogP contribution in [0.15, 0.2) is 18.2 Å². The van der Waals surface area contributed by atoms with Crippen LogP contribution in [0.1, 0.15) is 38.5 Å². The number of tetrazole rings is 1. The summed E-state index contributed by atoms with van der Waals surface area (Å²) in [5.41, 5.74) is 14.0. The maximum absolute atomic E-state index is 5.89. The first kappa shape index (κ1) is 13.3. The van der Waals surface area contributed by atoms with E-state index >= 15 is 0 Å². The number of nitrogens with two attached hydrogens (primary N) is 2. The van der Waals surface area contributed by atoms with Crippen molar-refractivity contribution in [2.45, 2.75) is 44.1 Å². The average molecular weight is 310 g/mol. The fourth-order valence-electron chi connectivity index (χ4n) is 5.65.